The topological polar surface area (TPSA) is 37.8 Å². The third-order valence-electron chi connectivity index (χ3n) is 3.37. The second-order valence-corrected chi connectivity index (χ2v) is 6.41. The first-order valence-electron chi connectivity index (χ1n) is 6.65. The maximum Gasteiger partial charge on any atom is 0.223 e. The van der Waals surface area contributed by atoms with Crippen LogP contribution in [-0.4, -0.2) is 16.5 Å². The number of anilines is 1. The molecule has 2 aromatic heterocycles. The molecule has 0 fully saturated rings. The number of para-hydroxylation sites is 1. The molecule has 3 rings (SSSR count). The second kappa shape index (κ2) is 5.21. The van der Waals surface area contributed by atoms with Gasteiger partial charge in [-0.3, -0.25) is 0 Å². The summed E-state index contributed by atoms with van der Waals surface area (Å²) in [6.45, 7) is 5.27. The first kappa shape index (κ1) is 13.1. The van der Waals surface area contributed by atoms with Crippen LogP contribution in [0.2, 0.25) is 0 Å². The number of hydrogen-bond donors (Lipinski definition) is 1. The van der Waals surface area contributed by atoms with Gasteiger partial charge < -0.3 is 5.32 Å². The van der Waals surface area contributed by atoms with Crippen LogP contribution >= 0.6 is 11.3 Å². The predicted octanol–water partition coefficient (Wildman–Crippen LogP) is 4.08. The zero-order valence-corrected chi connectivity index (χ0v) is 12.4. The van der Waals surface area contributed by atoms with Crippen molar-refractivity contribution in [1.29, 1.82) is 0 Å². The highest BCUT2D eigenvalue weighted by Gasteiger charge is 2.21. The molecule has 0 aliphatic rings. The van der Waals surface area contributed by atoms with E-state index in [0.29, 0.717) is 5.95 Å². The Bertz CT molecular complexity index is 705. The molecule has 3 aromatic rings. The van der Waals surface area contributed by atoms with E-state index in [4.69, 9.17) is 0 Å². The molecule has 2 heterocycles. The van der Waals surface area contributed by atoms with Crippen molar-refractivity contribution >= 4 is 28.2 Å². The molecule has 0 atom stereocenters. The van der Waals surface area contributed by atoms with Crippen LogP contribution in [0.15, 0.2) is 48.0 Å². The molecule has 1 N–H and O–H groups in total. The molecule has 0 bridgehead atoms. The fraction of sp³-hybridized carbons (Fsp3) is 0.250. The van der Waals surface area contributed by atoms with Gasteiger partial charge in [0.05, 0.1) is 5.52 Å². The predicted molar refractivity (Wildman–Crippen MR) is 85.4 cm³/mol. The maximum absolute atomic E-state index is 4.54. The van der Waals surface area contributed by atoms with Crippen molar-refractivity contribution in [2.75, 3.05) is 11.9 Å². The van der Waals surface area contributed by atoms with Crippen LogP contribution in [0.25, 0.3) is 10.9 Å². The molecule has 1 aromatic carbocycles. The van der Waals surface area contributed by atoms with Crippen LogP contribution in [-0.2, 0) is 5.41 Å². The van der Waals surface area contributed by atoms with Gasteiger partial charge in [0.15, 0.2) is 0 Å². The van der Waals surface area contributed by atoms with Crippen molar-refractivity contribution in [2.45, 2.75) is 19.3 Å². The second-order valence-electron chi connectivity index (χ2n) is 5.47. The van der Waals surface area contributed by atoms with Gasteiger partial charge in [0.25, 0.3) is 0 Å². The number of nitrogens with zero attached hydrogens (tertiary/aromatic N) is 2. The van der Waals surface area contributed by atoms with Crippen LogP contribution in [0.3, 0.4) is 0 Å². The van der Waals surface area contributed by atoms with Gasteiger partial charge in [-0.05, 0) is 17.5 Å². The quantitative estimate of drug-likeness (QED) is 0.784. The van der Waals surface area contributed by atoms with Crippen molar-refractivity contribution in [3.05, 3.63) is 52.9 Å². The molecule has 3 nitrogen and oxygen atoms in total. The van der Waals surface area contributed by atoms with E-state index < -0.39 is 0 Å². The first-order valence-corrected chi connectivity index (χ1v) is 7.53. The van der Waals surface area contributed by atoms with Crippen LogP contribution in [0.1, 0.15) is 18.7 Å². The van der Waals surface area contributed by atoms with Gasteiger partial charge in [0.2, 0.25) is 5.95 Å². The average molecular weight is 283 g/mol. The van der Waals surface area contributed by atoms with Gasteiger partial charge in [-0.25, -0.2) is 9.97 Å². The van der Waals surface area contributed by atoms with Gasteiger partial charge in [-0.1, -0.05) is 38.1 Å². The van der Waals surface area contributed by atoms with E-state index in [0.717, 1.165) is 17.4 Å². The van der Waals surface area contributed by atoms with E-state index >= 15 is 0 Å². The van der Waals surface area contributed by atoms with Crippen LogP contribution < -0.4 is 5.32 Å². The smallest absolute Gasteiger partial charge is 0.223 e. The molecule has 0 spiro atoms. The highest BCUT2D eigenvalue weighted by molar-refractivity contribution is 7.10. The van der Waals surface area contributed by atoms with E-state index in [1.807, 2.05) is 30.5 Å². The highest BCUT2D eigenvalue weighted by Crippen LogP contribution is 2.27. The number of fused-ring (bicyclic) bond motifs is 1. The Morgan fingerprint density at radius 3 is 2.80 bits per heavy atom. The lowest BCUT2D eigenvalue weighted by molar-refractivity contribution is 0.567. The molecule has 4 heteroatoms. The summed E-state index contributed by atoms with van der Waals surface area (Å²) >= 11 is 1.79. The van der Waals surface area contributed by atoms with Crippen molar-refractivity contribution in [3.8, 4) is 0 Å². The lowest BCUT2D eigenvalue weighted by Gasteiger charge is -2.23. The summed E-state index contributed by atoms with van der Waals surface area (Å²) in [7, 11) is 0. The van der Waals surface area contributed by atoms with Gasteiger partial charge in [0.1, 0.15) is 0 Å². The molecule has 0 saturated heterocycles. The maximum atomic E-state index is 4.54. The molecular formula is C16H17N3S. The Balaban J connectivity index is 1.77. The highest BCUT2D eigenvalue weighted by atomic mass is 32.1. The van der Waals surface area contributed by atoms with Crippen LogP contribution in [0, 0.1) is 0 Å². The molecule has 0 unspecified atom stereocenters. The average Bonchev–Trinajstić information content (AvgIpc) is 3.00. The van der Waals surface area contributed by atoms with Crippen molar-refractivity contribution < 1.29 is 0 Å². The summed E-state index contributed by atoms with van der Waals surface area (Å²) in [5.41, 5.74) is 1.04. The Labute approximate surface area is 122 Å². The molecule has 0 amide bonds. The lowest BCUT2D eigenvalue weighted by Crippen LogP contribution is -2.27. The summed E-state index contributed by atoms with van der Waals surface area (Å²) in [6.07, 6.45) is 1.86. The number of hydrogen-bond acceptors (Lipinski definition) is 4. The minimum absolute atomic E-state index is 0.0726. The van der Waals surface area contributed by atoms with E-state index in [2.05, 4.69) is 46.6 Å². The minimum atomic E-state index is 0.0726. The Kier molecular flexibility index (Phi) is 3.40. The van der Waals surface area contributed by atoms with E-state index in [9.17, 15) is 0 Å². The summed E-state index contributed by atoms with van der Waals surface area (Å²) in [6, 6.07) is 12.3. The molecular weight excluding hydrogens is 266 g/mol. The zero-order chi connectivity index (χ0) is 14.0. The van der Waals surface area contributed by atoms with Crippen molar-refractivity contribution in [3.63, 3.8) is 0 Å². The Hall–Kier alpha value is -1.94. The van der Waals surface area contributed by atoms with Gasteiger partial charge in [-0.15, -0.1) is 11.3 Å². The summed E-state index contributed by atoms with van der Waals surface area (Å²) < 4.78 is 0. The Morgan fingerprint density at radius 2 is 2.00 bits per heavy atom. The molecule has 0 aliphatic heterocycles. The summed E-state index contributed by atoms with van der Waals surface area (Å²) in [4.78, 5) is 10.3. The molecule has 102 valence electrons. The molecule has 0 saturated carbocycles. The summed E-state index contributed by atoms with van der Waals surface area (Å²) in [5, 5.41) is 6.53. The standard InChI is InChI=1S/C16H17N3S/c1-16(2,14-8-5-9-20-14)11-18-15-17-10-12-6-3-4-7-13(12)19-15/h3-10H,11H2,1-2H3,(H,17,18,19). The fourth-order valence-corrected chi connectivity index (χ4v) is 2.96. The van der Waals surface area contributed by atoms with E-state index in [1.54, 1.807) is 11.3 Å². The van der Waals surface area contributed by atoms with Crippen LogP contribution in [0.5, 0.6) is 0 Å². The number of aromatic nitrogens is 2. The minimum Gasteiger partial charge on any atom is -0.353 e. The van der Waals surface area contributed by atoms with E-state index in [1.165, 1.54) is 4.88 Å². The number of nitrogens with one attached hydrogen (secondary N) is 1. The normalized spacial score (nSPS) is 11.7. The largest absolute Gasteiger partial charge is 0.353 e. The first-order chi connectivity index (χ1) is 9.65. The molecule has 0 radical (unpaired) electrons. The Morgan fingerprint density at radius 1 is 1.15 bits per heavy atom. The summed E-state index contributed by atoms with van der Waals surface area (Å²) in [5.74, 6) is 0.688. The zero-order valence-electron chi connectivity index (χ0n) is 11.6. The van der Waals surface area contributed by atoms with Gasteiger partial charge >= 0.3 is 0 Å². The van der Waals surface area contributed by atoms with Crippen LogP contribution in [0.4, 0.5) is 5.95 Å². The number of benzene rings is 1. The van der Waals surface area contributed by atoms with Gasteiger partial charge in [-0.2, -0.15) is 0 Å². The number of rotatable bonds is 4. The third-order valence-corrected chi connectivity index (χ3v) is 4.60. The van der Waals surface area contributed by atoms with Gasteiger partial charge in [0, 0.05) is 28.4 Å². The molecule has 0 aliphatic carbocycles. The fourth-order valence-electron chi connectivity index (χ4n) is 2.11. The lowest BCUT2D eigenvalue weighted by atomic mass is 9.91. The van der Waals surface area contributed by atoms with Crippen molar-refractivity contribution in [2.24, 2.45) is 0 Å². The third kappa shape index (κ3) is 2.65. The molecule has 20 heavy (non-hydrogen) atoms. The monoisotopic (exact) mass is 283 g/mol. The van der Waals surface area contributed by atoms with Crippen molar-refractivity contribution in [1.82, 2.24) is 9.97 Å². The van der Waals surface area contributed by atoms with E-state index in [-0.39, 0.29) is 5.41 Å². The number of thiophene rings is 1. The SMILES string of the molecule is CC(C)(CNc1ncc2ccccc2n1)c1cccs1.